The fourth-order valence-corrected chi connectivity index (χ4v) is 1.81. The van der Waals surface area contributed by atoms with Crippen LogP contribution in [0, 0.1) is 0 Å². The molecule has 0 saturated heterocycles. The summed E-state index contributed by atoms with van der Waals surface area (Å²) in [5.74, 6) is 4.93. The molecule has 0 aliphatic carbocycles. The first-order valence-electron chi connectivity index (χ1n) is 5.85. The molecule has 0 aliphatic rings. The van der Waals surface area contributed by atoms with Crippen LogP contribution in [-0.2, 0) is 4.79 Å². The Balaban J connectivity index is 3.53. The van der Waals surface area contributed by atoms with Crippen molar-refractivity contribution in [3.8, 4) is 0 Å². The van der Waals surface area contributed by atoms with Gasteiger partial charge < -0.3 is 4.90 Å². The third kappa shape index (κ3) is 6.47. The molecule has 0 aromatic heterocycles. The first-order valence-corrected chi connectivity index (χ1v) is 5.85. The summed E-state index contributed by atoms with van der Waals surface area (Å²) in [4.78, 5) is 13.2. The standard InChI is InChI=1S/C11H25N3O/c1-4-10(5-2)14(3)9-7-6-8-11(15)13-12/h10H,4-9,12H2,1-3H3,(H,13,15). The zero-order valence-corrected chi connectivity index (χ0v) is 10.3. The third-order valence-electron chi connectivity index (χ3n) is 2.89. The van der Waals surface area contributed by atoms with Crippen LogP contribution >= 0.6 is 0 Å². The third-order valence-corrected chi connectivity index (χ3v) is 2.89. The summed E-state index contributed by atoms with van der Waals surface area (Å²) in [5, 5.41) is 0. The molecule has 0 aliphatic heterocycles. The number of unbranched alkanes of at least 4 members (excludes halogenated alkanes) is 1. The SMILES string of the molecule is CCC(CC)N(C)CCCCC(=O)NN. The van der Waals surface area contributed by atoms with Crippen LogP contribution in [0.5, 0.6) is 0 Å². The average molecular weight is 215 g/mol. The summed E-state index contributed by atoms with van der Waals surface area (Å²) >= 11 is 0. The lowest BCUT2D eigenvalue weighted by Crippen LogP contribution is -2.32. The van der Waals surface area contributed by atoms with Gasteiger partial charge in [0.25, 0.3) is 0 Å². The molecule has 0 aromatic rings. The van der Waals surface area contributed by atoms with Crippen molar-refractivity contribution in [1.82, 2.24) is 10.3 Å². The highest BCUT2D eigenvalue weighted by molar-refractivity contribution is 5.74. The van der Waals surface area contributed by atoms with E-state index in [1.54, 1.807) is 0 Å². The Morgan fingerprint density at radius 3 is 2.40 bits per heavy atom. The van der Waals surface area contributed by atoms with E-state index in [4.69, 9.17) is 5.84 Å². The van der Waals surface area contributed by atoms with Gasteiger partial charge in [0.1, 0.15) is 0 Å². The Morgan fingerprint density at radius 2 is 1.93 bits per heavy atom. The van der Waals surface area contributed by atoms with Crippen LogP contribution in [-0.4, -0.2) is 30.4 Å². The van der Waals surface area contributed by atoms with E-state index in [-0.39, 0.29) is 5.91 Å². The molecule has 0 heterocycles. The van der Waals surface area contributed by atoms with Crippen molar-refractivity contribution in [2.24, 2.45) is 5.84 Å². The number of hydrogen-bond acceptors (Lipinski definition) is 3. The second kappa shape index (κ2) is 8.68. The highest BCUT2D eigenvalue weighted by atomic mass is 16.2. The lowest BCUT2D eigenvalue weighted by molar-refractivity contribution is -0.121. The Kier molecular flexibility index (Phi) is 8.33. The van der Waals surface area contributed by atoms with Gasteiger partial charge in [0, 0.05) is 12.5 Å². The monoisotopic (exact) mass is 215 g/mol. The topological polar surface area (TPSA) is 58.4 Å². The Labute approximate surface area is 93.2 Å². The zero-order valence-electron chi connectivity index (χ0n) is 10.3. The van der Waals surface area contributed by atoms with E-state index in [0.717, 1.165) is 19.4 Å². The molecular weight excluding hydrogens is 190 g/mol. The maximum Gasteiger partial charge on any atom is 0.233 e. The van der Waals surface area contributed by atoms with Crippen LogP contribution in [0.2, 0.25) is 0 Å². The minimum atomic E-state index is -0.0693. The zero-order chi connectivity index (χ0) is 11.7. The van der Waals surface area contributed by atoms with Gasteiger partial charge in [-0.1, -0.05) is 13.8 Å². The van der Waals surface area contributed by atoms with Crippen LogP contribution in [0.3, 0.4) is 0 Å². The Hall–Kier alpha value is -0.610. The predicted octanol–water partition coefficient (Wildman–Crippen LogP) is 1.27. The molecule has 90 valence electrons. The van der Waals surface area contributed by atoms with Gasteiger partial charge in [0.05, 0.1) is 0 Å². The summed E-state index contributed by atoms with van der Waals surface area (Å²) in [6.07, 6.45) is 4.88. The van der Waals surface area contributed by atoms with Gasteiger partial charge in [-0.05, 0) is 39.3 Å². The molecule has 0 atom stereocenters. The van der Waals surface area contributed by atoms with E-state index >= 15 is 0 Å². The van der Waals surface area contributed by atoms with Crippen molar-refractivity contribution < 1.29 is 4.79 Å². The maximum atomic E-state index is 10.9. The van der Waals surface area contributed by atoms with Crippen LogP contribution in [0.1, 0.15) is 46.0 Å². The number of hydrogen-bond donors (Lipinski definition) is 2. The Bertz CT molecular complexity index is 169. The van der Waals surface area contributed by atoms with Gasteiger partial charge in [-0.2, -0.15) is 0 Å². The minimum Gasteiger partial charge on any atom is -0.303 e. The number of rotatable bonds is 8. The first-order chi connectivity index (χ1) is 7.15. The molecule has 15 heavy (non-hydrogen) atoms. The van der Waals surface area contributed by atoms with E-state index < -0.39 is 0 Å². The minimum absolute atomic E-state index is 0.0693. The number of hydrazine groups is 1. The fraction of sp³-hybridized carbons (Fsp3) is 0.909. The van der Waals surface area contributed by atoms with Crippen molar-refractivity contribution in [2.75, 3.05) is 13.6 Å². The molecule has 0 rings (SSSR count). The van der Waals surface area contributed by atoms with Crippen LogP contribution in [0.15, 0.2) is 0 Å². The van der Waals surface area contributed by atoms with E-state index in [0.29, 0.717) is 12.5 Å². The largest absolute Gasteiger partial charge is 0.303 e. The molecule has 4 nitrogen and oxygen atoms in total. The number of carbonyl (C=O) groups is 1. The summed E-state index contributed by atoms with van der Waals surface area (Å²) < 4.78 is 0. The Morgan fingerprint density at radius 1 is 1.33 bits per heavy atom. The average Bonchev–Trinajstić information content (AvgIpc) is 2.25. The molecule has 1 amide bonds. The number of nitrogens with two attached hydrogens (primary N) is 1. The number of amides is 1. The summed E-state index contributed by atoms with van der Waals surface area (Å²) in [6, 6.07) is 0.674. The van der Waals surface area contributed by atoms with Crippen molar-refractivity contribution in [3.63, 3.8) is 0 Å². The highest BCUT2D eigenvalue weighted by Crippen LogP contribution is 2.07. The number of nitrogens with zero attached hydrogens (tertiary/aromatic N) is 1. The molecule has 0 spiro atoms. The molecule has 0 aromatic carbocycles. The van der Waals surface area contributed by atoms with Crippen molar-refractivity contribution in [2.45, 2.75) is 52.0 Å². The molecule has 0 fully saturated rings. The van der Waals surface area contributed by atoms with Gasteiger partial charge in [0.15, 0.2) is 0 Å². The van der Waals surface area contributed by atoms with Gasteiger partial charge in [-0.15, -0.1) is 0 Å². The number of carbonyl (C=O) groups excluding carboxylic acids is 1. The van der Waals surface area contributed by atoms with E-state index in [9.17, 15) is 4.79 Å². The second-order valence-electron chi connectivity index (χ2n) is 3.98. The van der Waals surface area contributed by atoms with Crippen molar-refractivity contribution >= 4 is 5.91 Å². The molecule has 0 bridgehead atoms. The van der Waals surface area contributed by atoms with Gasteiger partial charge in [0.2, 0.25) is 5.91 Å². The normalized spacial score (nSPS) is 11.1. The van der Waals surface area contributed by atoms with Crippen LogP contribution in [0.25, 0.3) is 0 Å². The van der Waals surface area contributed by atoms with Crippen molar-refractivity contribution in [1.29, 1.82) is 0 Å². The molecule has 0 saturated carbocycles. The summed E-state index contributed by atoms with van der Waals surface area (Å²) in [6.45, 7) is 5.49. The summed E-state index contributed by atoms with van der Waals surface area (Å²) in [5.41, 5.74) is 2.15. The van der Waals surface area contributed by atoms with E-state index in [1.807, 2.05) is 0 Å². The van der Waals surface area contributed by atoms with Crippen molar-refractivity contribution in [3.05, 3.63) is 0 Å². The summed E-state index contributed by atoms with van der Waals surface area (Å²) in [7, 11) is 2.15. The molecular formula is C11H25N3O. The molecule has 3 N–H and O–H groups in total. The highest BCUT2D eigenvalue weighted by Gasteiger charge is 2.09. The van der Waals surface area contributed by atoms with E-state index in [1.165, 1.54) is 12.8 Å². The number of nitrogens with one attached hydrogen (secondary N) is 1. The maximum absolute atomic E-state index is 10.9. The van der Waals surface area contributed by atoms with Crippen LogP contribution < -0.4 is 11.3 Å². The lowest BCUT2D eigenvalue weighted by atomic mass is 10.1. The lowest BCUT2D eigenvalue weighted by Gasteiger charge is -2.25. The van der Waals surface area contributed by atoms with E-state index in [2.05, 4.69) is 31.2 Å². The predicted molar refractivity (Wildman–Crippen MR) is 63.2 cm³/mol. The van der Waals surface area contributed by atoms with Crippen LogP contribution in [0.4, 0.5) is 0 Å². The van der Waals surface area contributed by atoms with Gasteiger partial charge >= 0.3 is 0 Å². The fourth-order valence-electron chi connectivity index (χ4n) is 1.81. The van der Waals surface area contributed by atoms with Gasteiger partial charge in [-0.3, -0.25) is 10.2 Å². The molecule has 4 heteroatoms. The second-order valence-corrected chi connectivity index (χ2v) is 3.98. The molecule has 0 radical (unpaired) electrons. The smallest absolute Gasteiger partial charge is 0.233 e. The van der Waals surface area contributed by atoms with Gasteiger partial charge in [-0.25, -0.2) is 5.84 Å². The first kappa shape index (κ1) is 14.4. The quantitative estimate of drug-likeness (QED) is 0.277. The molecule has 0 unspecified atom stereocenters.